The zero-order valence-corrected chi connectivity index (χ0v) is 8.43. The minimum atomic E-state index is -0.0834. The zero-order chi connectivity index (χ0) is 9.26. The molecule has 1 aromatic rings. The first-order valence-electron chi connectivity index (χ1n) is 3.98. The van der Waals surface area contributed by atoms with E-state index in [9.17, 15) is 4.79 Å². The fraction of sp³-hybridized carbons (Fsp3) is 0.222. The molecule has 2 rings (SSSR count). The number of benzene rings is 1. The van der Waals surface area contributed by atoms with E-state index < -0.39 is 0 Å². The van der Waals surface area contributed by atoms with Crippen LogP contribution in [0, 0.1) is 0 Å². The van der Waals surface area contributed by atoms with Gasteiger partial charge in [-0.05, 0) is 28.1 Å². The summed E-state index contributed by atoms with van der Waals surface area (Å²) in [5.41, 5.74) is 0.583. The molecule has 0 spiro atoms. The number of ether oxygens (including phenoxy) is 1. The monoisotopic (exact) mass is 241 g/mol. The van der Waals surface area contributed by atoms with Gasteiger partial charge in [0.25, 0.3) is 5.91 Å². The van der Waals surface area contributed by atoms with Crippen LogP contribution in [-0.4, -0.2) is 19.1 Å². The average Bonchev–Trinajstić information content (AvgIpc) is 2.29. The molecule has 0 fully saturated rings. The molecule has 68 valence electrons. The first-order valence-corrected chi connectivity index (χ1v) is 4.78. The number of halogens is 1. The van der Waals surface area contributed by atoms with E-state index in [1.807, 2.05) is 12.1 Å². The molecule has 1 aromatic carbocycles. The van der Waals surface area contributed by atoms with Crippen LogP contribution in [0.25, 0.3) is 0 Å². The van der Waals surface area contributed by atoms with Crippen molar-refractivity contribution >= 4 is 21.8 Å². The lowest BCUT2D eigenvalue weighted by Crippen LogP contribution is -2.24. The van der Waals surface area contributed by atoms with Gasteiger partial charge in [-0.15, -0.1) is 0 Å². The summed E-state index contributed by atoms with van der Waals surface area (Å²) in [5, 5.41) is 2.75. The Bertz CT molecular complexity index is 351. The van der Waals surface area contributed by atoms with Crippen LogP contribution < -0.4 is 10.1 Å². The fourth-order valence-electron chi connectivity index (χ4n) is 1.26. The summed E-state index contributed by atoms with van der Waals surface area (Å²) >= 11 is 3.32. The van der Waals surface area contributed by atoms with Gasteiger partial charge in [0.15, 0.2) is 0 Å². The Labute approximate surface area is 84.2 Å². The van der Waals surface area contributed by atoms with Crippen molar-refractivity contribution in [3.8, 4) is 5.75 Å². The highest BCUT2D eigenvalue weighted by molar-refractivity contribution is 9.10. The van der Waals surface area contributed by atoms with Gasteiger partial charge in [0, 0.05) is 4.47 Å². The summed E-state index contributed by atoms with van der Waals surface area (Å²) in [7, 11) is 0. The Balaban J connectivity index is 2.55. The third kappa shape index (κ3) is 1.54. The molecule has 0 unspecified atom stereocenters. The molecule has 0 atom stereocenters. The highest BCUT2D eigenvalue weighted by Gasteiger charge is 2.18. The fourth-order valence-corrected chi connectivity index (χ4v) is 1.79. The Morgan fingerprint density at radius 2 is 2.31 bits per heavy atom. The summed E-state index contributed by atoms with van der Waals surface area (Å²) in [6.07, 6.45) is 0. The van der Waals surface area contributed by atoms with Crippen LogP contribution in [-0.2, 0) is 0 Å². The standard InChI is InChI=1S/C9H8BrNO2/c10-6-2-1-3-7-8(6)9(12)11-4-5-13-7/h1-3H,4-5H2,(H,11,12). The van der Waals surface area contributed by atoms with Crippen molar-refractivity contribution in [3.63, 3.8) is 0 Å². The number of carbonyl (C=O) groups excluding carboxylic acids is 1. The largest absolute Gasteiger partial charge is 0.491 e. The Kier molecular flexibility index (Phi) is 2.22. The number of nitrogens with one attached hydrogen (secondary N) is 1. The highest BCUT2D eigenvalue weighted by Crippen LogP contribution is 2.27. The summed E-state index contributed by atoms with van der Waals surface area (Å²) in [4.78, 5) is 11.5. The third-order valence-corrected chi connectivity index (χ3v) is 2.51. The van der Waals surface area contributed by atoms with Gasteiger partial charge in [-0.2, -0.15) is 0 Å². The van der Waals surface area contributed by atoms with Crippen LogP contribution in [0.4, 0.5) is 0 Å². The molecule has 0 saturated carbocycles. The van der Waals surface area contributed by atoms with Gasteiger partial charge in [0.1, 0.15) is 12.4 Å². The van der Waals surface area contributed by atoms with Crippen LogP contribution in [0.2, 0.25) is 0 Å². The van der Waals surface area contributed by atoms with E-state index in [0.717, 1.165) is 4.47 Å². The van der Waals surface area contributed by atoms with Crippen LogP contribution in [0.3, 0.4) is 0 Å². The second-order valence-electron chi connectivity index (χ2n) is 2.72. The smallest absolute Gasteiger partial charge is 0.256 e. The number of hydrogen-bond acceptors (Lipinski definition) is 2. The molecule has 13 heavy (non-hydrogen) atoms. The van der Waals surface area contributed by atoms with E-state index >= 15 is 0 Å². The molecule has 1 aliphatic heterocycles. The summed E-state index contributed by atoms with van der Waals surface area (Å²) in [6.45, 7) is 1.08. The van der Waals surface area contributed by atoms with Crippen molar-refractivity contribution in [2.45, 2.75) is 0 Å². The second kappa shape index (κ2) is 3.38. The van der Waals surface area contributed by atoms with E-state index in [-0.39, 0.29) is 5.91 Å². The molecule has 0 saturated heterocycles. The van der Waals surface area contributed by atoms with E-state index in [4.69, 9.17) is 4.74 Å². The maximum Gasteiger partial charge on any atom is 0.256 e. The number of carbonyl (C=O) groups is 1. The molecule has 1 aliphatic rings. The lowest BCUT2D eigenvalue weighted by molar-refractivity contribution is 0.0956. The number of rotatable bonds is 0. The topological polar surface area (TPSA) is 38.3 Å². The predicted molar refractivity (Wildman–Crippen MR) is 52.0 cm³/mol. The molecule has 0 aromatic heterocycles. The SMILES string of the molecule is O=C1NCCOc2cccc(Br)c21. The van der Waals surface area contributed by atoms with E-state index in [2.05, 4.69) is 21.2 Å². The Morgan fingerprint density at radius 1 is 1.46 bits per heavy atom. The van der Waals surface area contributed by atoms with Gasteiger partial charge in [-0.1, -0.05) is 6.07 Å². The van der Waals surface area contributed by atoms with Crippen molar-refractivity contribution in [1.29, 1.82) is 0 Å². The molecular weight excluding hydrogens is 234 g/mol. The lowest BCUT2D eigenvalue weighted by Gasteiger charge is -2.05. The van der Waals surface area contributed by atoms with Crippen molar-refractivity contribution in [2.75, 3.05) is 13.2 Å². The van der Waals surface area contributed by atoms with Gasteiger partial charge < -0.3 is 10.1 Å². The number of fused-ring (bicyclic) bond motifs is 1. The normalized spacial score (nSPS) is 15.3. The molecule has 4 heteroatoms. The summed E-state index contributed by atoms with van der Waals surface area (Å²) in [5.74, 6) is 0.560. The zero-order valence-electron chi connectivity index (χ0n) is 6.84. The summed E-state index contributed by atoms with van der Waals surface area (Å²) < 4.78 is 6.15. The highest BCUT2D eigenvalue weighted by atomic mass is 79.9. The van der Waals surface area contributed by atoms with Crippen molar-refractivity contribution in [2.24, 2.45) is 0 Å². The first-order chi connectivity index (χ1) is 6.29. The molecule has 1 N–H and O–H groups in total. The molecule has 0 aliphatic carbocycles. The van der Waals surface area contributed by atoms with Gasteiger partial charge in [-0.3, -0.25) is 4.79 Å². The minimum Gasteiger partial charge on any atom is -0.491 e. The maximum absolute atomic E-state index is 11.5. The van der Waals surface area contributed by atoms with Gasteiger partial charge in [0.2, 0.25) is 0 Å². The van der Waals surface area contributed by atoms with Crippen LogP contribution >= 0.6 is 15.9 Å². The average molecular weight is 242 g/mol. The third-order valence-electron chi connectivity index (χ3n) is 1.85. The molecule has 0 radical (unpaired) electrons. The number of hydrogen-bond donors (Lipinski definition) is 1. The van der Waals surface area contributed by atoms with Crippen LogP contribution in [0.1, 0.15) is 10.4 Å². The predicted octanol–water partition coefficient (Wildman–Crippen LogP) is 1.57. The van der Waals surface area contributed by atoms with E-state index in [1.54, 1.807) is 6.07 Å². The van der Waals surface area contributed by atoms with Crippen molar-refractivity contribution in [3.05, 3.63) is 28.2 Å². The first kappa shape index (κ1) is 8.56. The number of amides is 1. The Morgan fingerprint density at radius 3 is 3.15 bits per heavy atom. The van der Waals surface area contributed by atoms with E-state index in [0.29, 0.717) is 24.5 Å². The Hall–Kier alpha value is -1.03. The molecule has 1 heterocycles. The molecule has 0 bridgehead atoms. The lowest BCUT2D eigenvalue weighted by atomic mass is 10.2. The quantitative estimate of drug-likeness (QED) is 0.749. The summed E-state index contributed by atoms with van der Waals surface area (Å²) in [6, 6.07) is 5.47. The van der Waals surface area contributed by atoms with Crippen LogP contribution in [0.15, 0.2) is 22.7 Å². The van der Waals surface area contributed by atoms with Crippen molar-refractivity contribution in [1.82, 2.24) is 5.32 Å². The van der Waals surface area contributed by atoms with Gasteiger partial charge >= 0.3 is 0 Å². The van der Waals surface area contributed by atoms with Crippen LogP contribution in [0.5, 0.6) is 5.75 Å². The minimum absolute atomic E-state index is 0.0834. The molecular formula is C9H8BrNO2. The maximum atomic E-state index is 11.5. The molecule has 3 nitrogen and oxygen atoms in total. The van der Waals surface area contributed by atoms with Gasteiger partial charge in [0.05, 0.1) is 12.1 Å². The molecule has 1 amide bonds. The second-order valence-corrected chi connectivity index (χ2v) is 3.57. The van der Waals surface area contributed by atoms with Crippen molar-refractivity contribution < 1.29 is 9.53 Å². The van der Waals surface area contributed by atoms with E-state index in [1.165, 1.54) is 0 Å². The van der Waals surface area contributed by atoms with Gasteiger partial charge in [-0.25, -0.2) is 0 Å².